The van der Waals surface area contributed by atoms with E-state index < -0.39 is 0 Å². The van der Waals surface area contributed by atoms with Crippen LogP contribution in [-0.2, 0) is 0 Å². The number of hydrogen-bond acceptors (Lipinski definition) is 3. The van der Waals surface area contributed by atoms with Crippen LogP contribution in [0.2, 0.25) is 0 Å². The van der Waals surface area contributed by atoms with E-state index in [4.69, 9.17) is 6.42 Å². The van der Waals surface area contributed by atoms with Crippen LogP contribution in [0.3, 0.4) is 0 Å². The summed E-state index contributed by atoms with van der Waals surface area (Å²) in [5.74, 6) is 3.48. The monoisotopic (exact) mass is 237 g/mol. The number of nitrogens with zero attached hydrogens (tertiary/aromatic N) is 2. The Morgan fingerprint density at radius 3 is 2.71 bits per heavy atom. The summed E-state index contributed by atoms with van der Waals surface area (Å²) in [4.78, 5) is 4.88. The van der Waals surface area contributed by atoms with Gasteiger partial charge < -0.3 is 15.1 Å². The molecular formula is C14H27N3. The zero-order valence-electron chi connectivity index (χ0n) is 11.6. The van der Waals surface area contributed by atoms with Gasteiger partial charge in [0.15, 0.2) is 0 Å². The van der Waals surface area contributed by atoms with E-state index in [1.165, 1.54) is 32.5 Å². The topological polar surface area (TPSA) is 18.5 Å². The van der Waals surface area contributed by atoms with Gasteiger partial charge in [-0.2, -0.15) is 0 Å². The molecule has 0 aromatic carbocycles. The minimum Gasteiger partial charge on any atom is -0.306 e. The Labute approximate surface area is 107 Å². The van der Waals surface area contributed by atoms with Crippen molar-refractivity contribution in [2.75, 3.05) is 46.8 Å². The fraction of sp³-hybridized carbons (Fsp3) is 0.857. The van der Waals surface area contributed by atoms with Gasteiger partial charge in [-0.05, 0) is 52.9 Å². The molecular weight excluding hydrogens is 210 g/mol. The third kappa shape index (κ3) is 5.54. The Bertz CT molecular complexity index is 238. The van der Waals surface area contributed by atoms with Crippen LogP contribution in [0, 0.1) is 18.3 Å². The first-order chi connectivity index (χ1) is 8.13. The van der Waals surface area contributed by atoms with Gasteiger partial charge in [-0.1, -0.05) is 5.92 Å². The van der Waals surface area contributed by atoms with Gasteiger partial charge in [0.1, 0.15) is 0 Å². The van der Waals surface area contributed by atoms with E-state index in [9.17, 15) is 0 Å². The molecule has 1 N–H and O–H groups in total. The number of terminal acetylenes is 1. The van der Waals surface area contributed by atoms with Gasteiger partial charge in [-0.25, -0.2) is 0 Å². The first kappa shape index (κ1) is 14.5. The average Bonchev–Trinajstić information content (AvgIpc) is 2.32. The van der Waals surface area contributed by atoms with Crippen molar-refractivity contribution >= 4 is 0 Å². The van der Waals surface area contributed by atoms with Crippen molar-refractivity contribution in [3.05, 3.63) is 0 Å². The second-order valence-electron chi connectivity index (χ2n) is 5.37. The number of rotatable bonds is 6. The van der Waals surface area contributed by atoms with Crippen LogP contribution in [0.5, 0.6) is 0 Å². The van der Waals surface area contributed by atoms with Crippen LogP contribution in [0.1, 0.15) is 19.8 Å². The van der Waals surface area contributed by atoms with E-state index >= 15 is 0 Å². The fourth-order valence-electron chi connectivity index (χ4n) is 2.34. The molecule has 3 heteroatoms. The second kappa shape index (κ2) is 7.71. The highest BCUT2D eigenvalue weighted by Gasteiger charge is 2.19. The number of likely N-dealkylation sites (N-methyl/N-ethyl adjacent to an activating group) is 1. The normalized spacial score (nSPS) is 20.4. The van der Waals surface area contributed by atoms with Gasteiger partial charge in [-0.3, -0.25) is 0 Å². The van der Waals surface area contributed by atoms with E-state index in [2.05, 4.69) is 42.1 Å². The first-order valence-electron chi connectivity index (χ1n) is 6.66. The predicted molar refractivity (Wildman–Crippen MR) is 74.0 cm³/mol. The molecule has 1 atom stereocenters. The molecule has 3 nitrogen and oxygen atoms in total. The summed E-state index contributed by atoms with van der Waals surface area (Å²) in [6, 6.07) is 0.558. The van der Waals surface area contributed by atoms with Crippen molar-refractivity contribution in [3.63, 3.8) is 0 Å². The Hall–Kier alpha value is -0.560. The molecule has 1 fully saturated rings. The summed E-state index contributed by atoms with van der Waals surface area (Å²) in [5, 5.41) is 3.27. The molecule has 0 spiro atoms. The summed E-state index contributed by atoms with van der Waals surface area (Å²) < 4.78 is 0. The van der Waals surface area contributed by atoms with E-state index in [-0.39, 0.29) is 0 Å². The van der Waals surface area contributed by atoms with E-state index in [1.807, 2.05) is 0 Å². The van der Waals surface area contributed by atoms with Crippen molar-refractivity contribution in [1.82, 2.24) is 15.1 Å². The minimum absolute atomic E-state index is 0.558. The Morgan fingerprint density at radius 2 is 2.12 bits per heavy atom. The maximum Gasteiger partial charge on any atom is 0.0574 e. The number of hydrogen-bond donors (Lipinski definition) is 1. The summed E-state index contributed by atoms with van der Waals surface area (Å²) >= 11 is 0. The molecule has 0 aliphatic carbocycles. The lowest BCUT2D eigenvalue weighted by molar-refractivity contribution is 0.154. The smallest absolute Gasteiger partial charge is 0.0574 e. The molecule has 17 heavy (non-hydrogen) atoms. The number of piperidine rings is 1. The van der Waals surface area contributed by atoms with E-state index in [0.717, 1.165) is 12.5 Å². The van der Waals surface area contributed by atoms with Crippen LogP contribution < -0.4 is 5.32 Å². The molecule has 1 aliphatic heterocycles. The number of nitrogens with one attached hydrogen (secondary N) is 1. The van der Waals surface area contributed by atoms with Gasteiger partial charge in [0, 0.05) is 19.1 Å². The molecule has 0 aromatic heterocycles. The Balaban J connectivity index is 2.19. The van der Waals surface area contributed by atoms with E-state index in [0.29, 0.717) is 12.6 Å². The van der Waals surface area contributed by atoms with Gasteiger partial charge >= 0.3 is 0 Å². The largest absolute Gasteiger partial charge is 0.306 e. The average molecular weight is 237 g/mol. The SMILES string of the molecule is C#CCNCC(C)N(C)CC1CCN(C)CC1. The van der Waals surface area contributed by atoms with Crippen LogP contribution in [0.4, 0.5) is 0 Å². The minimum atomic E-state index is 0.558. The van der Waals surface area contributed by atoms with Crippen LogP contribution in [-0.4, -0.2) is 62.7 Å². The lowest BCUT2D eigenvalue weighted by atomic mass is 9.96. The highest BCUT2D eigenvalue weighted by atomic mass is 15.2. The van der Waals surface area contributed by atoms with Gasteiger partial charge in [0.05, 0.1) is 6.54 Å². The highest BCUT2D eigenvalue weighted by molar-refractivity contribution is 4.87. The predicted octanol–water partition coefficient (Wildman–Crippen LogP) is 0.871. The molecule has 1 heterocycles. The zero-order valence-corrected chi connectivity index (χ0v) is 11.6. The first-order valence-corrected chi connectivity index (χ1v) is 6.66. The summed E-state index contributed by atoms with van der Waals surface area (Å²) in [5.41, 5.74) is 0. The van der Waals surface area contributed by atoms with Gasteiger partial charge in [0.2, 0.25) is 0 Å². The third-order valence-electron chi connectivity index (χ3n) is 3.80. The fourth-order valence-corrected chi connectivity index (χ4v) is 2.34. The summed E-state index contributed by atoms with van der Waals surface area (Å²) in [6.07, 6.45) is 7.90. The highest BCUT2D eigenvalue weighted by Crippen LogP contribution is 2.17. The van der Waals surface area contributed by atoms with Crippen molar-refractivity contribution in [3.8, 4) is 12.3 Å². The maximum absolute atomic E-state index is 5.22. The molecule has 1 unspecified atom stereocenters. The van der Waals surface area contributed by atoms with Crippen molar-refractivity contribution < 1.29 is 0 Å². The second-order valence-corrected chi connectivity index (χ2v) is 5.37. The molecule has 1 rings (SSSR count). The van der Waals surface area contributed by atoms with Gasteiger partial charge in [0.25, 0.3) is 0 Å². The van der Waals surface area contributed by atoms with Crippen molar-refractivity contribution in [2.45, 2.75) is 25.8 Å². The summed E-state index contributed by atoms with van der Waals surface area (Å²) in [6.45, 7) is 7.63. The molecule has 0 amide bonds. The van der Waals surface area contributed by atoms with Crippen LogP contribution in [0.25, 0.3) is 0 Å². The van der Waals surface area contributed by atoms with Crippen LogP contribution >= 0.6 is 0 Å². The molecule has 98 valence electrons. The van der Waals surface area contributed by atoms with Gasteiger partial charge in [-0.15, -0.1) is 6.42 Å². The zero-order chi connectivity index (χ0) is 12.7. The lowest BCUT2D eigenvalue weighted by Crippen LogP contribution is -2.42. The number of likely N-dealkylation sites (tertiary alicyclic amines) is 1. The Kier molecular flexibility index (Phi) is 6.57. The molecule has 0 radical (unpaired) electrons. The molecule has 0 aromatic rings. The van der Waals surface area contributed by atoms with Crippen LogP contribution in [0.15, 0.2) is 0 Å². The molecule has 1 saturated heterocycles. The maximum atomic E-state index is 5.22. The standard InChI is InChI=1S/C14H27N3/c1-5-8-15-11-13(2)17(4)12-14-6-9-16(3)10-7-14/h1,13-15H,6-12H2,2-4H3. The molecule has 0 bridgehead atoms. The summed E-state index contributed by atoms with van der Waals surface area (Å²) in [7, 11) is 4.44. The van der Waals surface area contributed by atoms with Crippen molar-refractivity contribution in [2.24, 2.45) is 5.92 Å². The lowest BCUT2D eigenvalue weighted by Gasteiger charge is -2.34. The van der Waals surface area contributed by atoms with E-state index in [1.54, 1.807) is 0 Å². The molecule has 0 saturated carbocycles. The van der Waals surface area contributed by atoms with Crippen molar-refractivity contribution in [1.29, 1.82) is 0 Å². The molecule has 1 aliphatic rings. The Morgan fingerprint density at radius 1 is 1.47 bits per heavy atom. The quantitative estimate of drug-likeness (QED) is 0.546. The third-order valence-corrected chi connectivity index (χ3v) is 3.80.